The number of nitrogens with one attached hydrogen (secondary N) is 3. The molecule has 0 saturated heterocycles. The number of carbonyl (C=O) groups excluding carboxylic acids is 2. The minimum atomic E-state index is 0.0483. The third-order valence-electron chi connectivity index (χ3n) is 4.17. The van der Waals surface area contributed by atoms with Crippen LogP contribution in [0.15, 0.2) is 24.3 Å². The van der Waals surface area contributed by atoms with Crippen molar-refractivity contribution in [1.82, 2.24) is 16.0 Å². The van der Waals surface area contributed by atoms with Gasteiger partial charge in [0.15, 0.2) is 0 Å². The molecule has 27 heavy (non-hydrogen) atoms. The molecule has 5 heteroatoms. The Bertz CT molecular complexity index is 407. The Morgan fingerprint density at radius 3 is 1.52 bits per heavy atom. The molecule has 0 fully saturated rings. The first kappa shape index (κ1) is 25.4. The fraction of sp³-hybridized carbons (Fsp3) is 0.727. The Labute approximate surface area is 166 Å². The number of hydrogen-bond donors (Lipinski definition) is 3. The molecule has 5 nitrogen and oxygen atoms in total. The van der Waals surface area contributed by atoms with Gasteiger partial charge < -0.3 is 16.0 Å². The lowest BCUT2D eigenvalue weighted by atomic mass is 10.2. The van der Waals surface area contributed by atoms with Crippen molar-refractivity contribution in [2.24, 2.45) is 0 Å². The van der Waals surface area contributed by atoms with Crippen molar-refractivity contribution in [2.75, 3.05) is 13.1 Å². The first-order valence-electron chi connectivity index (χ1n) is 10.6. The number of hydrogen-bond acceptors (Lipinski definition) is 3. The molecule has 0 heterocycles. The zero-order chi connectivity index (χ0) is 20.3. The van der Waals surface area contributed by atoms with Gasteiger partial charge in [0.25, 0.3) is 0 Å². The van der Waals surface area contributed by atoms with E-state index in [9.17, 15) is 9.59 Å². The van der Waals surface area contributed by atoms with Crippen molar-refractivity contribution >= 4 is 11.8 Å². The predicted octanol–water partition coefficient (Wildman–Crippen LogP) is 3.86. The van der Waals surface area contributed by atoms with Gasteiger partial charge in [0.1, 0.15) is 0 Å². The minimum absolute atomic E-state index is 0.0483. The molecule has 0 rings (SSSR count). The van der Waals surface area contributed by atoms with Crippen molar-refractivity contribution in [3.05, 3.63) is 24.3 Å². The van der Waals surface area contributed by atoms with Gasteiger partial charge in [-0.2, -0.15) is 0 Å². The molecule has 0 aromatic heterocycles. The van der Waals surface area contributed by atoms with Gasteiger partial charge in [-0.1, -0.05) is 63.8 Å². The van der Waals surface area contributed by atoms with Crippen LogP contribution in [-0.2, 0) is 9.59 Å². The van der Waals surface area contributed by atoms with Crippen LogP contribution in [0.1, 0.15) is 79.1 Å². The number of rotatable bonds is 16. The Morgan fingerprint density at radius 2 is 1.15 bits per heavy atom. The third-order valence-corrected chi connectivity index (χ3v) is 4.17. The Kier molecular flexibility index (Phi) is 16.7. The topological polar surface area (TPSA) is 70.2 Å². The van der Waals surface area contributed by atoms with Gasteiger partial charge >= 0.3 is 0 Å². The average molecular weight is 380 g/mol. The molecule has 0 aromatic carbocycles. The number of unbranched alkanes of at least 4 members (excludes halogenated alkanes) is 4. The van der Waals surface area contributed by atoms with Gasteiger partial charge in [-0.3, -0.25) is 9.59 Å². The zero-order valence-corrected chi connectivity index (χ0v) is 17.9. The first-order valence-corrected chi connectivity index (χ1v) is 10.6. The molecule has 2 unspecified atom stereocenters. The third kappa shape index (κ3) is 17.5. The Balaban J connectivity index is 3.80. The molecule has 0 spiro atoms. The molecule has 0 aliphatic rings. The Morgan fingerprint density at radius 1 is 0.741 bits per heavy atom. The number of carbonyl (C=O) groups is 2. The van der Waals surface area contributed by atoms with E-state index in [0.29, 0.717) is 25.9 Å². The van der Waals surface area contributed by atoms with Crippen LogP contribution in [0, 0.1) is 0 Å². The summed E-state index contributed by atoms with van der Waals surface area (Å²) in [6, 6.07) is 0.303. The van der Waals surface area contributed by atoms with Crippen LogP contribution in [-0.4, -0.2) is 37.0 Å². The number of amides is 2. The summed E-state index contributed by atoms with van der Waals surface area (Å²) in [7, 11) is 0. The summed E-state index contributed by atoms with van der Waals surface area (Å²) >= 11 is 0. The first-order chi connectivity index (χ1) is 13.0. The fourth-order valence-electron chi connectivity index (χ4n) is 2.54. The molecule has 0 saturated carbocycles. The van der Waals surface area contributed by atoms with Crippen molar-refractivity contribution in [2.45, 2.75) is 91.1 Å². The van der Waals surface area contributed by atoms with E-state index in [1.165, 1.54) is 25.7 Å². The predicted molar refractivity (Wildman–Crippen MR) is 115 cm³/mol. The molecule has 0 aliphatic carbocycles. The minimum Gasteiger partial charge on any atom is -0.354 e. The Hall–Kier alpha value is -1.62. The molecule has 2 amide bonds. The molecule has 0 aromatic rings. The highest BCUT2D eigenvalue weighted by Gasteiger charge is 2.09. The second-order valence-electron chi connectivity index (χ2n) is 7.21. The van der Waals surface area contributed by atoms with Crippen molar-refractivity contribution in [3.8, 4) is 0 Å². The lowest BCUT2D eigenvalue weighted by Crippen LogP contribution is -2.47. The summed E-state index contributed by atoms with van der Waals surface area (Å²) in [5.74, 6) is 0.0967. The second-order valence-corrected chi connectivity index (χ2v) is 7.21. The van der Waals surface area contributed by atoms with Gasteiger partial charge in [-0.15, -0.1) is 0 Å². The molecule has 0 bridgehead atoms. The van der Waals surface area contributed by atoms with E-state index in [-0.39, 0.29) is 23.9 Å². The maximum absolute atomic E-state index is 11.8. The molecule has 156 valence electrons. The maximum atomic E-state index is 11.8. The molecule has 3 N–H and O–H groups in total. The maximum Gasteiger partial charge on any atom is 0.223 e. The van der Waals surface area contributed by atoms with Crippen LogP contribution in [0.4, 0.5) is 0 Å². The quantitative estimate of drug-likeness (QED) is 0.282. The van der Waals surface area contributed by atoms with Crippen molar-refractivity contribution < 1.29 is 9.59 Å². The fourth-order valence-corrected chi connectivity index (χ4v) is 2.54. The second kappa shape index (κ2) is 17.8. The highest BCUT2D eigenvalue weighted by atomic mass is 16.2. The summed E-state index contributed by atoms with van der Waals surface area (Å²) in [5.41, 5.74) is 0. The highest BCUT2D eigenvalue weighted by Crippen LogP contribution is 1.97. The van der Waals surface area contributed by atoms with E-state index >= 15 is 0 Å². The van der Waals surface area contributed by atoms with Gasteiger partial charge in [0, 0.05) is 38.0 Å². The summed E-state index contributed by atoms with van der Waals surface area (Å²) in [5, 5.41) is 9.27. The largest absolute Gasteiger partial charge is 0.354 e. The van der Waals surface area contributed by atoms with Crippen molar-refractivity contribution in [1.29, 1.82) is 0 Å². The van der Waals surface area contributed by atoms with Gasteiger partial charge in [0.05, 0.1) is 0 Å². The molecule has 0 radical (unpaired) electrons. The van der Waals surface area contributed by atoms with Crippen LogP contribution in [0.25, 0.3) is 0 Å². The van der Waals surface area contributed by atoms with Gasteiger partial charge in [-0.25, -0.2) is 0 Å². The van der Waals surface area contributed by atoms with E-state index in [0.717, 1.165) is 12.8 Å². The smallest absolute Gasteiger partial charge is 0.223 e. The summed E-state index contributed by atoms with van der Waals surface area (Å²) in [6.45, 7) is 9.55. The summed E-state index contributed by atoms with van der Waals surface area (Å²) in [6.07, 6.45) is 15.7. The van der Waals surface area contributed by atoms with Crippen LogP contribution in [0.3, 0.4) is 0 Å². The van der Waals surface area contributed by atoms with Gasteiger partial charge in [0.2, 0.25) is 11.8 Å². The van der Waals surface area contributed by atoms with Crippen LogP contribution in [0.2, 0.25) is 0 Å². The zero-order valence-electron chi connectivity index (χ0n) is 17.9. The van der Waals surface area contributed by atoms with Gasteiger partial charge in [-0.05, 0) is 26.7 Å². The molecule has 0 aliphatic heterocycles. The average Bonchev–Trinajstić information content (AvgIpc) is 2.64. The van der Waals surface area contributed by atoms with Crippen molar-refractivity contribution in [3.63, 3.8) is 0 Å². The summed E-state index contributed by atoms with van der Waals surface area (Å²) in [4.78, 5) is 23.6. The highest BCUT2D eigenvalue weighted by molar-refractivity contribution is 5.77. The van der Waals surface area contributed by atoms with E-state index in [1.807, 2.05) is 26.0 Å². The SMILES string of the molecule is CCCC/C=C/CC(=O)NCC(C)NC(C)CNC(=O)C/C=C/CCCC. The molecular weight excluding hydrogens is 338 g/mol. The monoisotopic (exact) mass is 379 g/mol. The summed E-state index contributed by atoms with van der Waals surface area (Å²) < 4.78 is 0. The van der Waals surface area contributed by atoms with E-state index in [1.54, 1.807) is 0 Å². The number of allylic oxidation sites excluding steroid dienone is 2. The van der Waals surface area contributed by atoms with Crippen LogP contribution >= 0.6 is 0 Å². The lowest BCUT2D eigenvalue weighted by molar-refractivity contribution is -0.121. The van der Waals surface area contributed by atoms with Crippen LogP contribution < -0.4 is 16.0 Å². The standard InChI is InChI=1S/C22H41N3O2/c1-5-7-9-11-13-15-21(26)23-17-19(3)25-20(4)18-24-22(27)16-14-12-10-8-6-2/h11-14,19-20,25H,5-10,15-18H2,1-4H3,(H,23,26)(H,24,27)/b13-11+,14-12+. The van der Waals surface area contributed by atoms with E-state index in [4.69, 9.17) is 0 Å². The normalized spacial score (nSPS) is 13.8. The van der Waals surface area contributed by atoms with Crippen LogP contribution in [0.5, 0.6) is 0 Å². The molecule has 2 atom stereocenters. The van der Waals surface area contributed by atoms with E-state index in [2.05, 4.69) is 41.9 Å². The van der Waals surface area contributed by atoms with E-state index < -0.39 is 0 Å². The lowest BCUT2D eigenvalue weighted by Gasteiger charge is -2.20. The molecular formula is C22H41N3O2.